The molecule has 2 aromatic rings. The van der Waals surface area contributed by atoms with Gasteiger partial charge in [-0.1, -0.05) is 30.3 Å². The third-order valence-electron chi connectivity index (χ3n) is 3.29. The van der Waals surface area contributed by atoms with Crippen LogP contribution in [0, 0.1) is 0 Å². The summed E-state index contributed by atoms with van der Waals surface area (Å²) in [7, 11) is 0. The van der Waals surface area contributed by atoms with Crippen molar-refractivity contribution in [3.8, 4) is 11.5 Å². The second kappa shape index (κ2) is 7.31. The lowest BCUT2D eigenvalue weighted by Gasteiger charge is -2.05. The highest BCUT2D eigenvalue weighted by molar-refractivity contribution is 5.92. The van der Waals surface area contributed by atoms with Gasteiger partial charge in [-0.2, -0.15) is 0 Å². The average Bonchev–Trinajstić information content (AvgIpc) is 2.46. The number of carboxylic acids is 1. The molecule has 0 spiro atoms. The van der Waals surface area contributed by atoms with Crippen molar-refractivity contribution < 1.29 is 20.1 Å². The highest BCUT2D eigenvalue weighted by Gasteiger charge is 2.08. The first-order chi connectivity index (χ1) is 10.5. The van der Waals surface area contributed by atoms with Gasteiger partial charge in [0.15, 0.2) is 0 Å². The van der Waals surface area contributed by atoms with E-state index in [1.54, 1.807) is 0 Å². The highest BCUT2D eigenvalue weighted by atomic mass is 16.4. The third-order valence-corrected chi connectivity index (χ3v) is 3.29. The number of aromatic hydroxyl groups is 2. The van der Waals surface area contributed by atoms with E-state index in [0.29, 0.717) is 18.4 Å². The van der Waals surface area contributed by atoms with Crippen molar-refractivity contribution in [2.24, 2.45) is 0 Å². The van der Waals surface area contributed by atoms with Crippen LogP contribution in [-0.4, -0.2) is 21.3 Å². The Labute approximate surface area is 129 Å². The minimum atomic E-state index is -0.990. The first kappa shape index (κ1) is 15.6. The van der Waals surface area contributed by atoms with E-state index in [2.05, 4.69) is 0 Å². The Morgan fingerprint density at radius 2 is 1.64 bits per heavy atom. The van der Waals surface area contributed by atoms with Gasteiger partial charge in [-0.3, -0.25) is 0 Å². The van der Waals surface area contributed by atoms with E-state index in [1.807, 2.05) is 30.3 Å². The van der Waals surface area contributed by atoms with Crippen LogP contribution in [0.2, 0.25) is 0 Å². The summed E-state index contributed by atoms with van der Waals surface area (Å²) in [5.41, 5.74) is 1.89. The Morgan fingerprint density at radius 1 is 1.00 bits per heavy atom. The SMILES string of the molecule is O=C(O)/C(=C/c1cc(O)cc(O)c1)CCCc1ccccc1. The normalized spacial score (nSPS) is 11.4. The fraction of sp³-hybridized carbons (Fsp3) is 0.167. The maximum atomic E-state index is 11.3. The van der Waals surface area contributed by atoms with E-state index in [0.717, 1.165) is 6.42 Å². The van der Waals surface area contributed by atoms with E-state index >= 15 is 0 Å². The Morgan fingerprint density at radius 3 is 2.23 bits per heavy atom. The van der Waals surface area contributed by atoms with Crippen molar-refractivity contribution in [2.45, 2.75) is 19.3 Å². The van der Waals surface area contributed by atoms with Crippen LogP contribution in [-0.2, 0) is 11.2 Å². The maximum absolute atomic E-state index is 11.3. The topological polar surface area (TPSA) is 77.8 Å². The molecule has 0 fully saturated rings. The van der Waals surface area contributed by atoms with Crippen LogP contribution >= 0.6 is 0 Å². The lowest BCUT2D eigenvalue weighted by molar-refractivity contribution is -0.132. The van der Waals surface area contributed by atoms with Crippen LogP contribution in [0.3, 0.4) is 0 Å². The Balaban J connectivity index is 2.06. The average molecular weight is 298 g/mol. The highest BCUT2D eigenvalue weighted by Crippen LogP contribution is 2.23. The molecule has 0 aliphatic heterocycles. The lowest BCUT2D eigenvalue weighted by atomic mass is 10.0. The zero-order valence-corrected chi connectivity index (χ0v) is 12.1. The van der Waals surface area contributed by atoms with E-state index in [4.69, 9.17) is 0 Å². The molecule has 2 rings (SSSR count). The van der Waals surface area contributed by atoms with Crippen LogP contribution < -0.4 is 0 Å². The Kier molecular flexibility index (Phi) is 5.20. The van der Waals surface area contributed by atoms with Crippen molar-refractivity contribution >= 4 is 12.0 Å². The Bertz CT molecular complexity index is 654. The van der Waals surface area contributed by atoms with Crippen molar-refractivity contribution in [2.75, 3.05) is 0 Å². The summed E-state index contributed by atoms with van der Waals surface area (Å²) in [6.07, 6.45) is 3.41. The van der Waals surface area contributed by atoms with Gasteiger partial charge in [0.1, 0.15) is 11.5 Å². The van der Waals surface area contributed by atoms with Crippen molar-refractivity contribution in [3.63, 3.8) is 0 Å². The maximum Gasteiger partial charge on any atom is 0.331 e. The molecule has 0 saturated heterocycles. The monoisotopic (exact) mass is 298 g/mol. The molecule has 0 radical (unpaired) electrons. The van der Waals surface area contributed by atoms with Gasteiger partial charge in [0.2, 0.25) is 0 Å². The van der Waals surface area contributed by atoms with Crippen LogP contribution in [0.15, 0.2) is 54.1 Å². The van der Waals surface area contributed by atoms with Gasteiger partial charge in [-0.15, -0.1) is 0 Å². The molecular weight excluding hydrogens is 280 g/mol. The first-order valence-corrected chi connectivity index (χ1v) is 7.05. The van der Waals surface area contributed by atoms with Crippen LogP contribution in [0.1, 0.15) is 24.0 Å². The van der Waals surface area contributed by atoms with Crippen molar-refractivity contribution in [1.29, 1.82) is 0 Å². The zero-order chi connectivity index (χ0) is 15.9. The second-order valence-electron chi connectivity index (χ2n) is 5.10. The number of carboxylic acid groups (broad SMARTS) is 1. The quantitative estimate of drug-likeness (QED) is 0.712. The number of phenolic OH excluding ortho intramolecular Hbond substituents is 2. The van der Waals surface area contributed by atoms with E-state index in [1.165, 1.54) is 29.8 Å². The van der Waals surface area contributed by atoms with Crippen molar-refractivity contribution in [1.82, 2.24) is 0 Å². The minimum Gasteiger partial charge on any atom is -0.508 e. The second-order valence-corrected chi connectivity index (χ2v) is 5.10. The summed E-state index contributed by atoms with van der Waals surface area (Å²) < 4.78 is 0. The molecule has 4 nitrogen and oxygen atoms in total. The lowest BCUT2D eigenvalue weighted by Crippen LogP contribution is -2.01. The van der Waals surface area contributed by atoms with Crippen molar-refractivity contribution in [3.05, 3.63) is 65.2 Å². The minimum absolute atomic E-state index is 0.0970. The summed E-state index contributed by atoms with van der Waals surface area (Å²) >= 11 is 0. The van der Waals surface area contributed by atoms with Gasteiger partial charge in [0.25, 0.3) is 0 Å². The largest absolute Gasteiger partial charge is 0.508 e. The smallest absolute Gasteiger partial charge is 0.331 e. The molecule has 0 saturated carbocycles. The molecule has 2 aromatic carbocycles. The predicted octanol–water partition coefficient (Wildman–Crippen LogP) is 3.59. The molecule has 0 amide bonds. The number of aliphatic carboxylic acids is 1. The van der Waals surface area contributed by atoms with Crippen LogP contribution in [0.4, 0.5) is 0 Å². The molecule has 0 atom stereocenters. The fourth-order valence-electron chi connectivity index (χ4n) is 2.27. The van der Waals surface area contributed by atoms with Gasteiger partial charge in [-0.05, 0) is 48.6 Å². The van der Waals surface area contributed by atoms with Gasteiger partial charge in [0, 0.05) is 11.6 Å². The molecule has 4 heteroatoms. The molecule has 0 aliphatic rings. The zero-order valence-electron chi connectivity index (χ0n) is 12.1. The molecule has 0 bridgehead atoms. The van der Waals surface area contributed by atoms with E-state index < -0.39 is 5.97 Å². The number of rotatable bonds is 6. The fourth-order valence-corrected chi connectivity index (χ4v) is 2.27. The van der Waals surface area contributed by atoms with E-state index in [-0.39, 0.29) is 17.1 Å². The molecule has 22 heavy (non-hydrogen) atoms. The molecule has 114 valence electrons. The molecule has 3 N–H and O–H groups in total. The summed E-state index contributed by atoms with van der Waals surface area (Å²) in [6.45, 7) is 0. The predicted molar refractivity (Wildman–Crippen MR) is 84.8 cm³/mol. The summed E-state index contributed by atoms with van der Waals surface area (Å²) in [5.74, 6) is -1.18. The molecule has 0 heterocycles. The standard InChI is InChI=1S/C18H18O4/c19-16-10-14(11-17(20)12-16)9-15(18(21)22)8-4-7-13-5-2-1-3-6-13/h1-3,5-6,9-12,19-20H,4,7-8H2,(H,21,22)/b15-9+. The van der Waals surface area contributed by atoms with Gasteiger partial charge >= 0.3 is 5.97 Å². The number of hydrogen-bond acceptors (Lipinski definition) is 3. The summed E-state index contributed by atoms with van der Waals surface area (Å²) in [6, 6.07) is 13.9. The molecule has 0 unspecified atom stereocenters. The Hall–Kier alpha value is -2.75. The van der Waals surface area contributed by atoms with Gasteiger partial charge in [-0.25, -0.2) is 4.79 Å². The summed E-state index contributed by atoms with van der Waals surface area (Å²) in [4.78, 5) is 11.3. The molecule has 0 aromatic heterocycles. The number of hydrogen-bond donors (Lipinski definition) is 3. The number of aryl methyl sites for hydroxylation is 1. The van der Waals surface area contributed by atoms with Gasteiger partial charge < -0.3 is 15.3 Å². The number of phenols is 2. The number of carbonyl (C=O) groups is 1. The van der Waals surface area contributed by atoms with Gasteiger partial charge in [0.05, 0.1) is 0 Å². The van der Waals surface area contributed by atoms with E-state index in [9.17, 15) is 20.1 Å². The third kappa shape index (κ3) is 4.66. The van der Waals surface area contributed by atoms with Crippen LogP contribution in [0.25, 0.3) is 6.08 Å². The summed E-state index contributed by atoms with van der Waals surface area (Å²) in [5, 5.41) is 28.1. The van der Waals surface area contributed by atoms with Crippen LogP contribution in [0.5, 0.6) is 11.5 Å². The number of benzene rings is 2. The molecule has 0 aliphatic carbocycles. The first-order valence-electron chi connectivity index (χ1n) is 7.05. The molecular formula is C18H18O4.